The van der Waals surface area contributed by atoms with Crippen LogP contribution in [0.4, 0.5) is 26.3 Å². The topological polar surface area (TPSA) is 138 Å². The van der Waals surface area contributed by atoms with Gasteiger partial charge in [0.15, 0.2) is 0 Å². The average molecular weight is 571 g/mol. The van der Waals surface area contributed by atoms with Gasteiger partial charge in [0, 0.05) is 37.6 Å². The van der Waals surface area contributed by atoms with E-state index in [-0.39, 0.29) is 5.91 Å². The van der Waals surface area contributed by atoms with E-state index in [2.05, 4.69) is 19.4 Å². The van der Waals surface area contributed by atoms with Gasteiger partial charge in [0.05, 0.1) is 37.5 Å². The zero-order chi connectivity index (χ0) is 29.8. The quantitative estimate of drug-likeness (QED) is 0.396. The molecule has 0 atom stereocenters. The third kappa shape index (κ3) is 12.1. The summed E-state index contributed by atoms with van der Waals surface area (Å²) in [5, 5.41) is 14.2. The minimum absolute atomic E-state index is 0.0385. The number of carboxylic acids is 2. The van der Waals surface area contributed by atoms with Gasteiger partial charge in [0.25, 0.3) is 5.91 Å². The predicted molar refractivity (Wildman–Crippen MR) is 121 cm³/mol. The second-order valence-corrected chi connectivity index (χ2v) is 8.11. The Morgan fingerprint density at radius 2 is 1.54 bits per heavy atom. The molecule has 2 aromatic rings. The van der Waals surface area contributed by atoms with E-state index in [1.54, 1.807) is 24.5 Å². The number of hydrogen-bond donors (Lipinski definition) is 2. The standard InChI is InChI=1S/C18H25N5O2.2C2HF3O2/c1-21(2)10-11-25-13-16-17-12-22(8-3-9-23(17)14-20-16)18(24)15-4-6-19-7-5-15;2*3-2(4,5)1(6)7/h4-7,14H,3,8-13H2,1-2H3;2*(H,6,7). The van der Waals surface area contributed by atoms with E-state index in [4.69, 9.17) is 24.5 Å². The third-order valence-corrected chi connectivity index (χ3v) is 4.82. The summed E-state index contributed by atoms with van der Waals surface area (Å²) < 4.78 is 71.4. The Bertz CT molecular complexity index is 1050. The van der Waals surface area contributed by atoms with E-state index >= 15 is 0 Å². The number of nitrogens with zero attached hydrogens (tertiary/aromatic N) is 5. The summed E-state index contributed by atoms with van der Waals surface area (Å²) in [6, 6.07) is 3.52. The van der Waals surface area contributed by atoms with Gasteiger partial charge in [-0.15, -0.1) is 0 Å². The molecule has 0 unspecified atom stereocenters. The Morgan fingerprint density at radius 1 is 1.00 bits per heavy atom. The number of carbonyl (C=O) groups is 3. The van der Waals surface area contributed by atoms with Crippen molar-refractivity contribution < 1.29 is 55.7 Å². The molecule has 0 fully saturated rings. The van der Waals surface area contributed by atoms with Gasteiger partial charge in [-0.2, -0.15) is 26.3 Å². The molecule has 0 spiro atoms. The van der Waals surface area contributed by atoms with Crippen LogP contribution < -0.4 is 0 Å². The predicted octanol–water partition coefficient (Wildman–Crippen LogP) is 2.67. The number of rotatable bonds is 6. The number of hydrogen-bond acceptors (Lipinski definition) is 7. The van der Waals surface area contributed by atoms with Crippen molar-refractivity contribution in [1.29, 1.82) is 0 Å². The lowest BCUT2D eigenvalue weighted by molar-refractivity contribution is -0.193. The van der Waals surface area contributed by atoms with Gasteiger partial charge in [-0.25, -0.2) is 14.6 Å². The molecule has 3 rings (SSSR count). The Balaban J connectivity index is 0.000000449. The lowest BCUT2D eigenvalue weighted by Crippen LogP contribution is -2.31. The zero-order valence-electron chi connectivity index (χ0n) is 20.9. The van der Waals surface area contributed by atoms with Crippen molar-refractivity contribution in [2.75, 3.05) is 33.8 Å². The number of carbonyl (C=O) groups excluding carboxylic acids is 1. The van der Waals surface area contributed by atoms with Gasteiger partial charge in [-0.05, 0) is 32.6 Å². The molecule has 17 heteroatoms. The van der Waals surface area contributed by atoms with Gasteiger partial charge >= 0.3 is 24.3 Å². The summed E-state index contributed by atoms with van der Waals surface area (Å²) in [5.41, 5.74) is 2.67. The first-order valence-corrected chi connectivity index (χ1v) is 11.1. The molecule has 218 valence electrons. The molecule has 1 aliphatic heterocycles. The zero-order valence-corrected chi connectivity index (χ0v) is 20.9. The van der Waals surface area contributed by atoms with Crippen molar-refractivity contribution in [3.8, 4) is 0 Å². The third-order valence-electron chi connectivity index (χ3n) is 4.82. The highest BCUT2D eigenvalue weighted by Gasteiger charge is 2.38. The largest absolute Gasteiger partial charge is 0.490 e. The van der Waals surface area contributed by atoms with E-state index in [0.717, 1.165) is 37.4 Å². The van der Waals surface area contributed by atoms with E-state index in [1.807, 2.05) is 25.3 Å². The van der Waals surface area contributed by atoms with Gasteiger partial charge in [-0.1, -0.05) is 0 Å². The smallest absolute Gasteiger partial charge is 0.475 e. The highest BCUT2D eigenvalue weighted by Crippen LogP contribution is 2.19. The molecule has 11 nitrogen and oxygen atoms in total. The van der Waals surface area contributed by atoms with Crippen LogP contribution in [0.5, 0.6) is 0 Å². The summed E-state index contributed by atoms with van der Waals surface area (Å²) in [5.74, 6) is -5.48. The van der Waals surface area contributed by atoms with Gasteiger partial charge < -0.3 is 29.3 Å². The minimum atomic E-state index is -5.08. The molecule has 0 saturated heterocycles. The molecule has 3 heterocycles. The molecule has 0 saturated carbocycles. The van der Waals surface area contributed by atoms with Crippen LogP contribution >= 0.6 is 0 Å². The van der Waals surface area contributed by atoms with Gasteiger partial charge in [0.1, 0.15) is 0 Å². The van der Waals surface area contributed by atoms with Crippen molar-refractivity contribution in [3.63, 3.8) is 0 Å². The van der Waals surface area contributed by atoms with Crippen molar-refractivity contribution in [3.05, 3.63) is 47.8 Å². The highest BCUT2D eigenvalue weighted by molar-refractivity contribution is 5.94. The van der Waals surface area contributed by atoms with E-state index in [9.17, 15) is 31.1 Å². The van der Waals surface area contributed by atoms with Gasteiger partial charge in [-0.3, -0.25) is 9.78 Å². The Labute approximate surface area is 218 Å². The molecule has 0 aliphatic carbocycles. The molecule has 0 bridgehead atoms. The van der Waals surface area contributed by atoms with Crippen LogP contribution in [-0.4, -0.2) is 98.5 Å². The maximum atomic E-state index is 12.8. The molecular formula is C22H27F6N5O6. The lowest BCUT2D eigenvalue weighted by atomic mass is 10.2. The van der Waals surface area contributed by atoms with Crippen LogP contribution in [0.15, 0.2) is 30.9 Å². The molecule has 0 radical (unpaired) electrons. The van der Waals surface area contributed by atoms with E-state index in [0.29, 0.717) is 25.3 Å². The minimum Gasteiger partial charge on any atom is -0.475 e. The normalized spacial score (nSPS) is 13.3. The summed E-state index contributed by atoms with van der Waals surface area (Å²) in [4.78, 5) is 43.0. The Morgan fingerprint density at radius 3 is 2.03 bits per heavy atom. The first kappa shape index (κ1) is 33.3. The lowest BCUT2D eigenvalue weighted by Gasteiger charge is -2.20. The monoisotopic (exact) mass is 571 g/mol. The van der Waals surface area contributed by atoms with Crippen LogP contribution in [0, 0.1) is 0 Å². The second-order valence-electron chi connectivity index (χ2n) is 8.11. The number of likely N-dealkylation sites (N-methyl/N-ethyl adjacent to an activating group) is 1. The van der Waals surface area contributed by atoms with Crippen molar-refractivity contribution in [2.24, 2.45) is 0 Å². The molecule has 1 aliphatic rings. The Kier molecular flexibility index (Phi) is 12.8. The van der Waals surface area contributed by atoms with Gasteiger partial charge in [0.2, 0.25) is 0 Å². The number of alkyl halides is 6. The number of fused-ring (bicyclic) bond motifs is 1. The molecule has 2 aromatic heterocycles. The van der Waals surface area contributed by atoms with Crippen LogP contribution in [0.3, 0.4) is 0 Å². The van der Waals surface area contributed by atoms with Crippen molar-refractivity contribution in [1.82, 2.24) is 24.3 Å². The number of aryl methyl sites for hydroxylation is 1. The van der Waals surface area contributed by atoms with Crippen LogP contribution in [0.1, 0.15) is 28.2 Å². The summed E-state index contributed by atoms with van der Waals surface area (Å²) in [7, 11) is 4.04. The first-order chi connectivity index (χ1) is 18.0. The highest BCUT2D eigenvalue weighted by atomic mass is 19.4. The number of ether oxygens (including phenoxy) is 1. The molecule has 1 amide bonds. The number of carboxylic acid groups (broad SMARTS) is 2. The van der Waals surface area contributed by atoms with Crippen molar-refractivity contribution >= 4 is 17.8 Å². The fourth-order valence-electron chi connectivity index (χ4n) is 2.90. The number of aromatic nitrogens is 3. The molecule has 39 heavy (non-hydrogen) atoms. The summed E-state index contributed by atoms with van der Waals surface area (Å²) in [6.45, 7) is 4.20. The second kappa shape index (κ2) is 15.0. The molecule has 0 aromatic carbocycles. The molecular weight excluding hydrogens is 544 g/mol. The maximum Gasteiger partial charge on any atom is 0.490 e. The number of pyridine rings is 1. The average Bonchev–Trinajstić information content (AvgIpc) is 3.08. The number of amides is 1. The summed E-state index contributed by atoms with van der Waals surface area (Å²) in [6.07, 6.45) is -4.08. The summed E-state index contributed by atoms with van der Waals surface area (Å²) >= 11 is 0. The maximum absolute atomic E-state index is 12.8. The SMILES string of the molecule is CN(C)CCOCc1ncn2c1CN(C(=O)c1ccncc1)CCC2.O=C(O)C(F)(F)F.O=C(O)C(F)(F)F. The first-order valence-electron chi connectivity index (χ1n) is 11.1. The van der Waals surface area contributed by atoms with E-state index in [1.165, 1.54) is 0 Å². The fourth-order valence-corrected chi connectivity index (χ4v) is 2.90. The number of aliphatic carboxylic acids is 2. The van der Waals surface area contributed by atoms with Crippen LogP contribution in [-0.2, 0) is 34.0 Å². The molecule has 2 N–H and O–H groups in total. The number of halogens is 6. The van der Waals surface area contributed by atoms with E-state index < -0.39 is 24.3 Å². The number of imidazole rings is 1. The van der Waals surface area contributed by atoms with Crippen LogP contribution in [0.25, 0.3) is 0 Å². The van der Waals surface area contributed by atoms with Crippen molar-refractivity contribution in [2.45, 2.75) is 38.5 Å². The Hall–Kier alpha value is -3.73. The van der Waals surface area contributed by atoms with Crippen LogP contribution in [0.2, 0.25) is 0 Å². The fraction of sp³-hybridized carbons (Fsp3) is 0.500.